The number of hydrogen-bond acceptors (Lipinski definition) is 3. The summed E-state index contributed by atoms with van der Waals surface area (Å²) < 4.78 is 5.41. The van der Waals surface area contributed by atoms with E-state index in [4.69, 9.17) is 16.3 Å². The van der Waals surface area contributed by atoms with Gasteiger partial charge in [-0.15, -0.1) is 0 Å². The molecule has 16 heavy (non-hydrogen) atoms. The Balaban J connectivity index is 2.33. The highest BCUT2D eigenvalue weighted by Crippen LogP contribution is 2.33. The first-order valence-corrected chi connectivity index (χ1v) is 5.90. The van der Waals surface area contributed by atoms with Crippen molar-refractivity contribution >= 4 is 17.3 Å². The number of aryl methyl sites for hydroxylation is 1. The highest BCUT2D eigenvalue weighted by atomic mass is 35.5. The lowest BCUT2D eigenvalue weighted by molar-refractivity contribution is 0.412. The molecule has 1 saturated heterocycles. The fraction of sp³-hybridized carbons (Fsp3) is 0.500. The molecule has 1 aromatic carbocycles. The zero-order valence-electron chi connectivity index (χ0n) is 9.72. The van der Waals surface area contributed by atoms with Crippen LogP contribution in [0.5, 0.6) is 5.75 Å². The van der Waals surface area contributed by atoms with Gasteiger partial charge >= 0.3 is 0 Å². The van der Waals surface area contributed by atoms with E-state index in [1.807, 2.05) is 19.1 Å². The van der Waals surface area contributed by atoms with E-state index in [0.717, 1.165) is 48.2 Å². The maximum Gasteiger partial charge on any atom is 0.142 e. The highest BCUT2D eigenvalue weighted by molar-refractivity contribution is 6.31. The third-order valence-electron chi connectivity index (χ3n) is 2.92. The Morgan fingerprint density at radius 1 is 1.31 bits per heavy atom. The quantitative estimate of drug-likeness (QED) is 0.857. The number of benzene rings is 1. The van der Waals surface area contributed by atoms with Crippen LogP contribution in [0.1, 0.15) is 5.56 Å². The van der Waals surface area contributed by atoms with Crippen molar-refractivity contribution in [2.24, 2.45) is 0 Å². The molecule has 0 radical (unpaired) electrons. The van der Waals surface area contributed by atoms with Crippen molar-refractivity contribution in [2.45, 2.75) is 6.92 Å². The molecular weight excluding hydrogens is 224 g/mol. The summed E-state index contributed by atoms with van der Waals surface area (Å²) in [4.78, 5) is 2.31. The minimum absolute atomic E-state index is 0.800. The molecule has 1 aromatic rings. The number of anilines is 1. The van der Waals surface area contributed by atoms with Gasteiger partial charge in [-0.2, -0.15) is 0 Å². The molecular formula is C12H17ClN2O. The van der Waals surface area contributed by atoms with Gasteiger partial charge in [0.25, 0.3) is 0 Å². The molecule has 88 valence electrons. The molecule has 1 aliphatic rings. The standard InChI is InChI=1S/C12H17ClN2O/c1-9-7-12(16-2)11(8-10(9)13)15-5-3-14-4-6-15/h7-8,14H,3-6H2,1-2H3. The Bertz CT molecular complexity index is 376. The fourth-order valence-corrected chi connectivity index (χ4v) is 2.12. The zero-order chi connectivity index (χ0) is 11.5. The van der Waals surface area contributed by atoms with E-state index in [-0.39, 0.29) is 0 Å². The SMILES string of the molecule is COc1cc(C)c(Cl)cc1N1CCNCC1. The Kier molecular flexibility index (Phi) is 3.56. The molecule has 0 amide bonds. The highest BCUT2D eigenvalue weighted by Gasteiger charge is 2.16. The van der Waals surface area contributed by atoms with Gasteiger partial charge in [-0.05, 0) is 24.6 Å². The van der Waals surface area contributed by atoms with Crippen LogP contribution in [0.2, 0.25) is 5.02 Å². The van der Waals surface area contributed by atoms with Crippen molar-refractivity contribution in [1.82, 2.24) is 5.32 Å². The number of rotatable bonds is 2. The summed E-state index contributed by atoms with van der Waals surface area (Å²) in [5.74, 6) is 0.906. The van der Waals surface area contributed by atoms with Crippen LogP contribution in [-0.2, 0) is 0 Å². The molecule has 2 rings (SSSR count). The summed E-state index contributed by atoms with van der Waals surface area (Å²) in [5, 5.41) is 4.13. The predicted octanol–water partition coefficient (Wildman–Crippen LogP) is 2.07. The van der Waals surface area contributed by atoms with E-state index in [0.29, 0.717) is 0 Å². The number of nitrogens with zero attached hydrogens (tertiary/aromatic N) is 1. The van der Waals surface area contributed by atoms with E-state index < -0.39 is 0 Å². The smallest absolute Gasteiger partial charge is 0.142 e. The second-order valence-electron chi connectivity index (χ2n) is 4.01. The molecule has 1 heterocycles. The molecule has 1 N–H and O–H groups in total. The summed E-state index contributed by atoms with van der Waals surface area (Å²) in [6, 6.07) is 4.00. The summed E-state index contributed by atoms with van der Waals surface area (Å²) in [6.45, 7) is 6.00. The van der Waals surface area contributed by atoms with Gasteiger partial charge in [0.1, 0.15) is 5.75 Å². The van der Waals surface area contributed by atoms with Gasteiger partial charge in [-0.3, -0.25) is 0 Å². The fourth-order valence-electron chi connectivity index (χ4n) is 1.96. The molecule has 1 aliphatic heterocycles. The van der Waals surface area contributed by atoms with Gasteiger partial charge in [0.2, 0.25) is 0 Å². The number of ether oxygens (including phenoxy) is 1. The molecule has 0 bridgehead atoms. The largest absolute Gasteiger partial charge is 0.495 e. The Hall–Kier alpha value is -0.930. The monoisotopic (exact) mass is 240 g/mol. The van der Waals surface area contributed by atoms with Crippen molar-refractivity contribution in [3.8, 4) is 5.75 Å². The van der Waals surface area contributed by atoms with Crippen LogP contribution >= 0.6 is 11.6 Å². The van der Waals surface area contributed by atoms with Gasteiger partial charge in [-0.25, -0.2) is 0 Å². The minimum Gasteiger partial charge on any atom is -0.495 e. The maximum absolute atomic E-state index is 6.16. The summed E-state index contributed by atoms with van der Waals surface area (Å²) in [7, 11) is 1.70. The number of halogens is 1. The van der Waals surface area contributed by atoms with Crippen LogP contribution in [-0.4, -0.2) is 33.3 Å². The third kappa shape index (κ3) is 2.25. The van der Waals surface area contributed by atoms with Crippen molar-refractivity contribution in [3.05, 3.63) is 22.7 Å². The molecule has 0 aliphatic carbocycles. The number of nitrogens with one attached hydrogen (secondary N) is 1. The lowest BCUT2D eigenvalue weighted by Crippen LogP contribution is -2.43. The maximum atomic E-state index is 6.16. The minimum atomic E-state index is 0.800. The van der Waals surface area contributed by atoms with Crippen LogP contribution < -0.4 is 15.0 Å². The number of methoxy groups -OCH3 is 1. The van der Waals surface area contributed by atoms with Gasteiger partial charge in [-0.1, -0.05) is 11.6 Å². The predicted molar refractivity (Wildman–Crippen MR) is 67.8 cm³/mol. The average molecular weight is 241 g/mol. The molecule has 0 aromatic heterocycles. The van der Waals surface area contributed by atoms with Crippen molar-refractivity contribution in [1.29, 1.82) is 0 Å². The van der Waals surface area contributed by atoms with Crippen molar-refractivity contribution in [2.75, 3.05) is 38.2 Å². The first kappa shape index (κ1) is 11.6. The Morgan fingerprint density at radius 2 is 2.00 bits per heavy atom. The van der Waals surface area contributed by atoms with Crippen LogP contribution in [0.4, 0.5) is 5.69 Å². The summed E-state index contributed by atoms with van der Waals surface area (Å²) in [5.41, 5.74) is 2.15. The lowest BCUT2D eigenvalue weighted by atomic mass is 10.1. The van der Waals surface area contributed by atoms with Crippen LogP contribution in [0, 0.1) is 6.92 Å². The number of hydrogen-bond donors (Lipinski definition) is 1. The first-order chi connectivity index (χ1) is 7.72. The van der Waals surface area contributed by atoms with E-state index in [1.54, 1.807) is 7.11 Å². The summed E-state index contributed by atoms with van der Waals surface area (Å²) >= 11 is 6.16. The van der Waals surface area contributed by atoms with Crippen molar-refractivity contribution < 1.29 is 4.74 Å². The molecule has 0 atom stereocenters. The van der Waals surface area contributed by atoms with E-state index >= 15 is 0 Å². The van der Waals surface area contributed by atoms with E-state index in [9.17, 15) is 0 Å². The molecule has 0 saturated carbocycles. The van der Waals surface area contributed by atoms with Gasteiger partial charge in [0.15, 0.2) is 0 Å². The molecule has 1 fully saturated rings. The zero-order valence-corrected chi connectivity index (χ0v) is 10.5. The van der Waals surface area contributed by atoms with Gasteiger partial charge in [0, 0.05) is 31.2 Å². The number of piperazine rings is 1. The second-order valence-corrected chi connectivity index (χ2v) is 4.42. The normalized spacial score (nSPS) is 16.3. The summed E-state index contributed by atoms with van der Waals surface area (Å²) in [6.07, 6.45) is 0. The van der Waals surface area contributed by atoms with E-state index in [1.165, 1.54) is 0 Å². The van der Waals surface area contributed by atoms with Gasteiger partial charge < -0.3 is 15.0 Å². The molecule has 0 spiro atoms. The van der Waals surface area contributed by atoms with Crippen LogP contribution in [0.3, 0.4) is 0 Å². The van der Waals surface area contributed by atoms with Crippen molar-refractivity contribution in [3.63, 3.8) is 0 Å². The average Bonchev–Trinajstić information content (AvgIpc) is 2.33. The Labute approximate surface area is 101 Å². The third-order valence-corrected chi connectivity index (χ3v) is 3.33. The van der Waals surface area contributed by atoms with Crippen LogP contribution in [0.15, 0.2) is 12.1 Å². The molecule has 3 nitrogen and oxygen atoms in total. The lowest BCUT2D eigenvalue weighted by Gasteiger charge is -2.30. The first-order valence-electron chi connectivity index (χ1n) is 5.52. The second kappa shape index (κ2) is 4.93. The molecule has 0 unspecified atom stereocenters. The Morgan fingerprint density at radius 3 is 2.62 bits per heavy atom. The van der Waals surface area contributed by atoms with E-state index in [2.05, 4.69) is 10.2 Å². The van der Waals surface area contributed by atoms with Crippen LogP contribution in [0.25, 0.3) is 0 Å². The topological polar surface area (TPSA) is 24.5 Å². The molecule has 4 heteroatoms. The van der Waals surface area contributed by atoms with Gasteiger partial charge in [0.05, 0.1) is 12.8 Å².